The molecule has 57 heavy (non-hydrogen) atoms. The lowest BCUT2D eigenvalue weighted by atomic mass is 9.85. The van der Waals surface area contributed by atoms with Crippen LogP contribution in [0, 0.1) is 0 Å². The molecule has 9 N–H and O–H groups in total. The van der Waals surface area contributed by atoms with Gasteiger partial charge in [-0.1, -0.05) is 127 Å². The number of phosphoric acid groups is 1. The summed E-state index contributed by atoms with van der Waals surface area (Å²) in [5, 5.41) is 74.2. The Morgan fingerprint density at radius 1 is 0.614 bits per heavy atom. The quantitative estimate of drug-likeness (QED) is 0.0196. The number of rotatable bonds is 34. The zero-order valence-corrected chi connectivity index (χ0v) is 35.6. The van der Waals surface area contributed by atoms with E-state index in [0.717, 1.165) is 64.2 Å². The van der Waals surface area contributed by atoms with Crippen molar-refractivity contribution in [3.05, 3.63) is 48.6 Å². The van der Waals surface area contributed by atoms with Crippen molar-refractivity contribution in [1.82, 2.24) is 5.32 Å². The first-order valence-corrected chi connectivity index (χ1v) is 23.2. The van der Waals surface area contributed by atoms with E-state index >= 15 is 0 Å². The van der Waals surface area contributed by atoms with E-state index in [-0.39, 0.29) is 6.42 Å². The number of amides is 1. The molecule has 14 heteroatoms. The van der Waals surface area contributed by atoms with Crippen LogP contribution >= 0.6 is 7.82 Å². The van der Waals surface area contributed by atoms with Gasteiger partial charge >= 0.3 is 7.82 Å². The number of nitrogens with one attached hydrogen (secondary N) is 1. The Bertz CT molecular complexity index is 1170. The minimum Gasteiger partial charge on any atom is -0.393 e. The van der Waals surface area contributed by atoms with Gasteiger partial charge in [0, 0.05) is 0 Å². The van der Waals surface area contributed by atoms with Crippen molar-refractivity contribution in [1.29, 1.82) is 0 Å². The number of phosphoric ester groups is 1. The number of hydrogen-bond acceptors (Lipinski definition) is 11. The first-order valence-electron chi connectivity index (χ1n) is 21.7. The van der Waals surface area contributed by atoms with Crippen molar-refractivity contribution in [2.24, 2.45) is 0 Å². The summed E-state index contributed by atoms with van der Waals surface area (Å²) in [4.78, 5) is 23.3. The average Bonchev–Trinajstić information content (AvgIpc) is 3.18. The van der Waals surface area contributed by atoms with Gasteiger partial charge in [-0.25, -0.2) is 4.57 Å². The zero-order chi connectivity index (χ0) is 42.3. The molecule has 1 rings (SSSR count). The van der Waals surface area contributed by atoms with Crippen LogP contribution in [0.4, 0.5) is 0 Å². The van der Waals surface area contributed by atoms with Gasteiger partial charge in [-0.15, -0.1) is 0 Å². The maximum atomic E-state index is 12.9. The van der Waals surface area contributed by atoms with Crippen LogP contribution in [-0.2, 0) is 18.4 Å². The van der Waals surface area contributed by atoms with Crippen LogP contribution < -0.4 is 5.32 Å². The van der Waals surface area contributed by atoms with Gasteiger partial charge in [0.15, 0.2) is 0 Å². The van der Waals surface area contributed by atoms with Crippen molar-refractivity contribution < 1.29 is 59.0 Å². The van der Waals surface area contributed by atoms with Crippen LogP contribution in [0.1, 0.15) is 155 Å². The Kier molecular flexibility index (Phi) is 30.9. The van der Waals surface area contributed by atoms with E-state index in [2.05, 4.69) is 49.5 Å². The molecule has 0 bridgehead atoms. The second-order valence-electron chi connectivity index (χ2n) is 15.4. The Labute approximate surface area is 342 Å². The predicted molar refractivity (Wildman–Crippen MR) is 224 cm³/mol. The monoisotopic (exact) mass is 832 g/mol. The predicted octanol–water partition coefficient (Wildman–Crippen LogP) is 6.36. The van der Waals surface area contributed by atoms with E-state index in [4.69, 9.17) is 9.05 Å². The molecular formula is C43H78NO12P. The number of aliphatic hydroxyl groups is 7. The molecule has 0 heterocycles. The summed E-state index contributed by atoms with van der Waals surface area (Å²) < 4.78 is 22.8. The van der Waals surface area contributed by atoms with Crippen LogP contribution in [-0.4, -0.2) is 108 Å². The summed E-state index contributed by atoms with van der Waals surface area (Å²) in [6, 6.07) is -1.26. The molecule has 0 spiro atoms. The Morgan fingerprint density at radius 3 is 1.54 bits per heavy atom. The lowest BCUT2D eigenvalue weighted by Gasteiger charge is -2.41. The number of allylic oxidation sites excluding steroid dienone is 7. The van der Waals surface area contributed by atoms with Gasteiger partial charge in [-0.3, -0.25) is 13.8 Å². The summed E-state index contributed by atoms with van der Waals surface area (Å²) in [5.74, 6) is -0.616. The first kappa shape index (κ1) is 53.3. The standard InChI is InChI=1S/C43H78NO12P/c1-3-5-7-9-11-13-15-17-19-21-23-25-27-29-31-36(46)35(33-55-57(53,54)56-43-41(51)39(49)38(48)40(50)42(43)52)44-37(47)32-34(45)30-28-26-24-22-20-18-16-14-12-10-8-6-4-2/h13-16,21,23,29,31,34-36,38-43,45-46,48-52H,3-12,17-20,22,24-28,30,32-33H2,1-2H3,(H,44,47)(H,53,54)/b15-13+,16-14-,23-21+,31-29+. The Hall–Kier alpha value is -1.74. The zero-order valence-electron chi connectivity index (χ0n) is 34.7. The summed E-state index contributed by atoms with van der Waals surface area (Å²) in [6.45, 7) is 3.65. The number of carbonyl (C=O) groups excluding carboxylic acids is 1. The van der Waals surface area contributed by atoms with Crippen molar-refractivity contribution in [3.8, 4) is 0 Å². The SMILES string of the molecule is CCCCCC/C=C\CCCCCCCC(O)CC(=O)NC(COP(=O)(O)OC1C(O)C(O)C(O)C(O)C1O)C(O)/C=C/CC/C=C/CC/C=C/CCCCCC. The molecule has 1 saturated carbocycles. The van der Waals surface area contributed by atoms with E-state index in [1.807, 2.05) is 6.08 Å². The molecule has 0 aliphatic heterocycles. The summed E-state index contributed by atoms with van der Waals surface area (Å²) >= 11 is 0. The minimum atomic E-state index is -5.15. The molecule has 1 fully saturated rings. The molecule has 8 atom stereocenters. The van der Waals surface area contributed by atoms with Gasteiger partial charge in [0.2, 0.25) is 5.91 Å². The molecule has 1 aliphatic carbocycles. The Morgan fingerprint density at radius 2 is 1.04 bits per heavy atom. The van der Waals surface area contributed by atoms with E-state index in [0.29, 0.717) is 19.3 Å². The smallest absolute Gasteiger partial charge is 0.393 e. The third-order valence-electron chi connectivity index (χ3n) is 10.1. The van der Waals surface area contributed by atoms with Crippen LogP contribution in [0.5, 0.6) is 0 Å². The number of unbranched alkanes of at least 4 members (excludes halogenated alkanes) is 15. The summed E-state index contributed by atoms with van der Waals surface area (Å²) in [5.41, 5.74) is 0. The average molecular weight is 832 g/mol. The second kappa shape index (κ2) is 33.0. The molecule has 0 aromatic heterocycles. The highest BCUT2D eigenvalue weighted by atomic mass is 31.2. The van der Waals surface area contributed by atoms with Gasteiger partial charge in [0.05, 0.1) is 31.3 Å². The van der Waals surface area contributed by atoms with Crippen molar-refractivity contribution in [2.45, 2.75) is 210 Å². The molecule has 0 aromatic carbocycles. The van der Waals surface area contributed by atoms with Crippen LogP contribution in [0.3, 0.4) is 0 Å². The third kappa shape index (κ3) is 25.5. The van der Waals surface area contributed by atoms with E-state index in [9.17, 15) is 50.0 Å². The van der Waals surface area contributed by atoms with Gasteiger partial charge < -0.3 is 46.0 Å². The van der Waals surface area contributed by atoms with Crippen molar-refractivity contribution in [2.75, 3.05) is 6.61 Å². The molecule has 0 saturated heterocycles. The highest BCUT2D eigenvalue weighted by Gasteiger charge is 2.51. The molecule has 8 unspecified atom stereocenters. The van der Waals surface area contributed by atoms with Crippen LogP contribution in [0.15, 0.2) is 48.6 Å². The van der Waals surface area contributed by atoms with E-state index in [1.54, 1.807) is 6.08 Å². The fraction of sp³-hybridized carbons (Fsp3) is 0.791. The van der Waals surface area contributed by atoms with Crippen molar-refractivity contribution >= 4 is 13.7 Å². The number of hydrogen-bond donors (Lipinski definition) is 9. The topological polar surface area (TPSA) is 226 Å². The fourth-order valence-electron chi connectivity index (χ4n) is 6.50. The van der Waals surface area contributed by atoms with E-state index in [1.165, 1.54) is 57.4 Å². The highest BCUT2D eigenvalue weighted by Crippen LogP contribution is 2.47. The normalized spacial score (nSPS) is 24.5. The fourth-order valence-corrected chi connectivity index (χ4v) is 7.47. The van der Waals surface area contributed by atoms with Gasteiger partial charge in [0.1, 0.15) is 36.6 Å². The van der Waals surface area contributed by atoms with Crippen molar-refractivity contribution in [3.63, 3.8) is 0 Å². The number of aliphatic hydroxyl groups excluding tert-OH is 7. The third-order valence-corrected chi connectivity index (χ3v) is 11.1. The Balaban J connectivity index is 2.65. The molecule has 1 aliphatic rings. The highest BCUT2D eigenvalue weighted by molar-refractivity contribution is 7.47. The molecule has 1 amide bonds. The molecule has 332 valence electrons. The minimum absolute atomic E-state index is 0.263. The van der Waals surface area contributed by atoms with Crippen LogP contribution in [0.2, 0.25) is 0 Å². The van der Waals surface area contributed by atoms with Crippen LogP contribution in [0.25, 0.3) is 0 Å². The molecule has 0 aromatic rings. The lowest BCUT2D eigenvalue weighted by molar-refractivity contribution is -0.220. The summed E-state index contributed by atoms with van der Waals surface area (Å²) in [6.07, 6.45) is 23.5. The van der Waals surface area contributed by atoms with E-state index < -0.39 is 75.2 Å². The maximum Gasteiger partial charge on any atom is 0.472 e. The molecule has 0 radical (unpaired) electrons. The lowest BCUT2D eigenvalue weighted by Crippen LogP contribution is -2.64. The van der Waals surface area contributed by atoms with Gasteiger partial charge in [0.25, 0.3) is 0 Å². The molecule has 13 nitrogen and oxygen atoms in total. The first-order chi connectivity index (χ1) is 27.3. The summed E-state index contributed by atoms with van der Waals surface area (Å²) in [7, 11) is -5.15. The maximum absolute atomic E-state index is 12.9. The largest absolute Gasteiger partial charge is 0.472 e. The molecular weight excluding hydrogens is 753 g/mol. The second-order valence-corrected chi connectivity index (χ2v) is 16.8. The van der Waals surface area contributed by atoms with Gasteiger partial charge in [-0.05, 0) is 70.6 Å². The number of carbonyl (C=O) groups is 1. The van der Waals surface area contributed by atoms with Gasteiger partial charge in [-0.2, -0.15) is 0 Å².